The van der Waals surface area contributed by atoms with Gasteiger partial charge in [0.05, 0.1) is 13.0 Å². The van der Waals surface area contributed by atoms with Crippen LogP contribution in [0.2, 0.25) is 0 Å². The predicted molar refractivity (Wildman–Crippen MR) is 58.3 cm³/mol. The average Bonchev–Trinajstić information content (AvgIpc) is 2.30. The molecule has 0 bridgehead atoms. The molecule has 0 heterocycles. The molecular weight excluding hydrogens is 248 g/mol. The summed E-state index contributed by atoms with van der Waals surface area (Å²) in [6, 6.07) is 0. The van der Waals surface area contributed by atoms with Gasteiger partial charge in [-0.1, -0.05) is 6.08 Å². The summed E-state index contributed by atoms with van der Waals surface area (Å²) in [5.41, 5.74) is 0. The third kappa shape index (κ3) is 3.97. The molecule has 1 rings (SSSR count). The summed E-state index contributed by atoms with van der Waals surface area (Å²) >= 11 is 0. The fourth-order valence-corrected chi connectivity index (χ4v) is 1.83. The lowest BCUT2D eigenvalue weighted by Crippen LogP contribution is -2.38. The maximum absolute atomic E-state index is 12.9. The van der Waals surface area contributed by atoms with Crippen molar-refractivity contribution < 1.29 is 28.2 Å². The summed E-state index contributed by atoms with van der Waals surface area (Å²) < 4.78 is 30.1. The van der Waals surface area contributed by atoms with Crippen LogP contribution in [0.5, 0.6) is 0 Å². The van der Waals surface area contributed by atoms with Crippen molar-refractivity contribution >= 4 is 12.1 Å². The largest absolute Gasteiger partial charge is 0.481 e. The van der Waals surface area contributed by atoms with Crippen LogP contribution >= 0.6 is 0 Å². The molecule has 0 aromatic rings. The number of amides is 1. The Morgan fingerprint density at radius 3 is 2.72 bits per heavy atom. The summed E-state index contributed by atoms with van der Waals surface area (Å²) in [6.45, 7) is -0.150. The predicted octanol–water partition coefficient (Wildman–Crippen LogP) is 1.64. The van der Waals surface area contributed by atoms with Crippen molar-refractivity contribution in [2.45, 2.75) is 18.8 Å². The van der Waals surface area contributed by atoms with Crippen LogP contribution in [0, 0.1) is 11.8 Å². The Balaban J connectivity index is 2.63. The third-order valence-corrected chi connectivity index (χ3v) is 2.88. The number of aliphatic carboxylic acids is 1. The highest BCUT2D eigenvalue weighted by Gasteiger charge is 2.35. The number of nitrogens with one attached hydrogen (secondary N) is 1. The van der Waals surface area contributed by atoms with E-state index in [4.69, 9.17) is 5.11 Å². The Bertz CT molecular complexity index is 357. The number of ether oxygens (including phenoxy) is 1. The number of hydrogen-bond acceptors (Lipinski definition) is 3. The molecule has 0 saturated carbocycles. The molecule has 1 unspecified atom stereocenters. The number of allylic oxidation sites excluding steroid dienone is 2. The summed E-state index contributed by atoms with van der Waals surface area (Å²) in [4.78, 5) is 21.9. The molecule has 0 aromatic carbocycles. The van der Waals surface area contributed by atoms with Gasteiger partial charge in [0.15, 0.2) is 0 Å². The number of carbonyl (C=O) groups excluding carboxylic acids is 1. The van der Waals surface area contributed by atoms with Crippen LogP contribution in [0.3, 0.4) is 0 Å². The first-order valence-electron chi connectivity index (χ1n) is 5.47. The molecule has 0 aliphatic heterocycles. The first-order chi connectivity index (χ1) is 8.35. The molecule has 0 spiro atoms. The first-order valence-corrected chi connectivity index (χ1v) is 5.47. The normalized spacial score (nSPS) is 23.2. The van der Waals surface area contributed by atoms with Crippen molar-refractivity contribution in [1.82, 2.24) is 5.32 Å². The van der Waals surface area contributed by atoms with E-state index in [1.807, 2.05) is 0 Å². The zero-order chi connectivity index (χ0) is 13.8. The topological polar surface area (TPSA) is 75.6 Å². The molecular formula is C11H15F2NO4. The highest BCUT2D eigenvalue weighted by molar-refractivity contribution is 5.73. The monoisotopic (exact) mass is 263 g/mol. The molecule has 0 fully saturated rings. The van der Waals surface area contributed by atoms with Crippen molar-refractivity contribution in [3.05, 3.63) is 12.2 Å². The fraction of sp³-hybridized carbons (Fsp3) is 0.636. The molecule has 0 radical (unpaired) electrons. The van der Waals surface area contributed by atoms with Crippen LogP contribution in [0.4, 0.5) is 13.6 Å². The van der Waals surface area contributed by atoms with Crippen LogP contribution in [0.15, 0.2) is 12.2 Å². The summed E-state index contributed by atoms with van der Waals surface area (Å²) in [7, 11) is 1.16. The highest BCUT2D eigenvalue weighted by atomic mass is 19.3. The lowest BCUT2D eigenvalue weighted by Gasteiger charge is -2.26. The number of carbonyl (C=O) groups is 2. The highest BCUT2D eigenvalue weighted by Crippen LogP contribution is 2.33. The minimum absolute atomic E-state index is 0.0727. The maximum atomic E-state index is 12.9. The second-order valence-corrected chi connectivity index (χ2v) is 4.14. The summed E-state index contributed by atoms with van der Waals surface area (Å²) in [6.07, 6.45) is 0.891. The van der Waals surface area contributed by atoms with Crippen molar-refractivity contribution in [2.24, 2.45) is 11.8 Å². The number of alkyl carbamates (subject to hydrolysis) is 1. The van der Waals surface area contributed by atoms with E-state index in [0.717, 1.165) is 13.2 Å². The van der Waals surface area contributed by atoms with Gasteiger partial charge in [-0.15, -0.1) is 0 Å². The molecule has 2 atom stereocenters. The van der Waals surface area contributed by atoms with Crippen molar-refractivity contribution in [3.8, 4) is 0 Å². The van der Waals surface area contributed by atoms with Crippen LogP contribution in [-0.4, -0.2) is 36.7 Å². The smallest absolute Gasteiger partial charge is 0.406 e. The Morgan fingerprint density at radius 2 is 2.28 bits per heavy atom. The Labute approximate surface area is 103 Å². The van der Waals surface area contributed by atoms with Crippen molar-refractivity contribution in [2.75, 3.05) is 13.7 Å². The van der Waals surface area contributed by atoms with Crippen LogP contribution in [0.25, 0.3) is 0 Å². The van der Waals surface area contributed by atoms with Gasteiger partial charge in [0.25, 0.3) is 5.92 Å². The molecule has 18 heavy (non-hydrogen) atoms. The van der Waals surface area contributed by atoms with Gasteiger partial charge < -0.3 is 15.2 Å². The first kappa shape index (κ1) is 14.4. The molecule has 1 aliphatic rings. The number of hydrogen-bond donors (Lipinski definition) is 2. The molecule has 102 valence electrons. The van der Waals surface area contributed by atoms with Crippen LogP contribution in [-0.2, 0) is 9.53 Å². The SMILES string of the molecule is COC(=O)NC[C@H](C(=O)O)C1C=CC(F)(F)CC1. The van der Waals surface area contributed by atoms with Crippen LogP contribution in [0.1, 0.15) is 12.8 Å². The van der Waals surface area contributed by atoms with E-state index in [2.05, 4.69) is 10.1 Å². The number of carboxylic acids is 1. The number of carboxylic acid groups (broad SMARTS) is 1. The minimum atomic E-state index is -2.87. The van der Waals surface area contributed by atoms with E-state index in [0.29, 0.717) is 0 Å². The zero-order valence-corrected chi connectivity index (χ0v) is 9.86. The van der Waals surface area contributed by atoms with Crippen molar-refractivity contribution in [1.29, 1.82) is 0 Å². The van der Waals surface area contributed by atoms with Crippen LogP contribution < -0.4 is 5.32 Å². The lowest BCUT2D eigenvalue weighted by atomic mass is 9.83. The molecule has 1 aliphatic carbocycles. The second-order valence-electron chi connectivity index (χ2n) is 4.14. The lowest BCUT2D eigenvalue weighted by molar-refractivity contribution is -0.143. The van der Waals surface area contributed by atoms with E-state index in [9.17, 15) is 18.4 Å². The molecule has 1 amide bonds. The molecule has 7 heteroatoms. The standard InChI is InChI=1S/C11H15F2NO4/c1-18-10(17)14-6-8(9(15)16)7-2-4-11(12,13)5-3-7/h2,4,7-8H,3,5-6H2,1H3,(H,14,17)(H,15,16)/t7?,8-/m0/s1. The van der Waals surface area contributed by atoms with Gasteiger partial charge in [0, 0.05) is 13.0 Å². The summed E-state index contributed by atoms with van der Waals surface area (Å²) in [5.74, 6) is -5.45. The van der Waals surface area contributed by atoms with E-state index < -0.39 is 29.8 Å². The van der Waals surface area contributed by atoms with Gasteiger partial charge in [0.1, 0.15) is 0 Å². The fourth-order valence-electron chi connectivity index (χ4n) is 1.83. The van der Waals surface area contributed by atoms with E-state index in [1.165, 1.54) is 6.08 Å². The number of alkyl halides is 2. The molecule has 0 aromatic heterocycles. The number of rotatable bonds is 4. The number of methoxy groups -OCH3 is 1. The van der Waals surface area contributed by atoms with E-state index in [-0.39, 0.29) is 19.4 Å². The quantitative estimate of drug-likeness (QED) is 0.756. The average molecular weight is 263 g/mol. The zero-order valence-electron chi connectivity index (χ0n) is 9.86. The molecule has 5 nitrogen and oxygen atoms in total. The Morgan fingerprint density at radius 1 is 1.61 bits per heavy atom. The molecule has 2 N–H and O–H groups in total. The van der Waals surface area contributed by atoms with Gasteiger partial charge in [-0.2, -0.15) is 0 Å². The second kappa shape index (κ2) is 5.79. The third-order valence-electron chi connectivity index (χ3n) is 2.88. The van der Waals surface area contributed by atoms with E-state index in [1.54, 1.807) is 0 Å². The van der Waals surface area contributed by atoms with Gasteiger partial charge in [-0.05, 0) is 18.4 Å². The molecule has 0 saturated heterocycles. The Kier molecular flexibility index (Phi) is 4.63. The van der Waals surface area contributed by atoms with Gasteiger partial charge in [-0.3, -0.25) is 4.79 Å². The van der Waals surface area contributed by atoms with Crippen molar-refractivity contribution in [3.63, 3.8) is 0 Å². The maximum Gasteiger partial charge on any atom is 0.406 e. The van der Waals surface area contributed by atoms with Gasteiger partial charge in [-0.25, -0.2) is 13.6 Å². The summed E-state index contributed by atoms with van der Waals surface area (Å²) in [5, 5.41) is 11.3. The number of halogens is 2. The minimum Gasteiger partial charge on any atom is -0.481 e. The van der Waals surface area contributed by atoms with E-state index >= 15 is 0 Å². The van der Waals surface area contributed by atoms with Gasteiger partial charge in [0.2, 0.25) is 0 Å². The Hall–Kier alpha value is -1.66. The van der Waals surface area contributed by atoms with Gasteiger partial charge >= 0.3 is 12.1 Å².